The van der Waals surface area contributed by atoms with Crippen molar-refractivity contribution < 1.29 is 9.13 Å². The van der Waals surface area contributed by atoms with Crippen molar-refractivity contribution in [3.05, 3.63) is 35.3 Å². The van der Waals surface area contributed by atoms with Gasteiger partial charge in [-0.05, 0) is 12.5 Å². The number of anilines is 1. The molecule has 0 fully saturated rings. The highest BCUT2D eigenvalue weighted by Crippen LogP contribution is 2.32. The average molecular weight is 260 g/mol. The summed E-state index contributed by atoms with van der Waals surface area (Å²) in [6.07, 6.45) is 1.77. The molecule has 19 heavy (non-hydrogen) atoms. The van der Waals surface area contributed by atoms with Crippen molar-refractivity contribution in [2.45, 2.75) is 26.4 Å². The number of pyridine rings is 1. The Balaban J connectivity index is 2.24. The van der Waals surface area contributed by atoms with Gasteiger partial charge in [0.05, 0.1) is 24.6 Å². The molecule has 0 spiro atoms. The zero-order chi connectivity index (χ0) is 13.2. The van der Waals surface area contributed by atoms with Crippen LogP contribution in [0.3, 0.4) is 0 Å². The molecule has 0 unspecified atom stereocenters. The molecule has 0 aliphatic carbocycles. The first kappa shape index (κ1) is 12.4. The van der Waals surface area contributed by atoms with Crippen LogP contribution in [0.2, 0.25) is 0 Å². The zero-order valence-electron chi connectivity index (χ0n) is 11.0. The Hall–Kier alpha value is -1.68. The molecule has 1 aromatic carbocycles. The van der Waals surface area contributed by atoms with E-state index in [-0.39, 0.29) is 5.82 Å². The van der Waals surface area contributed by atoms with Crippen LogP contribution in [0.1, 0.15) is 24.6 Å². The number of para-hydroxylation sites is 1. The van der Waals surface area contributed by atoms with Crippen molar-refractivity contribution in [3.63, 3.8) is 0 Å². The highest BCUT2D eigenvalue weighted by Gasteiger charge is 2.19. The minimum absolute atomic E-state index is 0.258. The number of halogens is 1. The van der Waals surface area contributed by atoms with Gasteiger partial charge in [-0.3, -0.25) is 0 Å². The van der Waals surface area contributed by atoms with Gasteiger partial charge in [-0.25, -0.2) is 9.37 Å². The third-order valence-electron chi connectivity index (χ3n) is 3.43. The van der Waals surface area contributed by atoms with E-state index < -0.39 is 0 Å². The molecule has 3 rings (SSSR count). The van der Waals surface area contributed by atoms with Gasteiger partial charge in [0.25, 0.3) is 0 Å². The molecule has 100 valence electrons. The fourth-order valence-electron chi connectivity index (χ4n) is 2.50. The first-order valence-corrected chi connectivity index (χ1v) is 6.73. The van der Waals surface area contributed by atoms with Gasteiger partial charge in [-0.15, -0.1) is 0 Å². The van der Waals surface area contributed by atoms with Gasteiger partial charge in [0.2, 0.25) is 0 Å². The standard InChI is InChI=1S/C15H17FN2O/c1-2-7-17-14-10-4-3-5-12(16)15(10)18-13-6-8-19-9-11(13)14/h3-5H,2,6-9H2,1H3,(H,17,18). The maximum atomic E-state index is 13.9. The first-order chi connectivity index (χ1) is 9.31. The summed E-state index contributed by atoms with van der Waals surface area (Å²) in [6, 6.07) is 5.11. The second-order valence-corrected chi connectivity index (χ2v) is 4.78. The molecular formula is C15H17FN2O. The highest BCUT2D eigenvalue weighted by molar-refractivity contribution is 5.93. The minimum Gasteiger partial charge on any atom is -0.384 e. The lowest BCUT2D eigenvalue weighted by atomic mass is 10.0. The monoisotopic (exact) mass is 260 g/mol. The summed E-state index contributed by atoms with van der Waals surface area (Å²) in [5, 5.41) is 4.25. The van der Waals surface area contributed by atoms with E-state index in [0.29, 0.717) is 18.7 Å². The molecule has 3 nitrogen and oxygen atoms in total. The summed E-state index contributed by atoms with van der Waals surface area (Å²) < 4.78 is 19.5. The molecule has 0 atom stereocenters. The van der Waals surface area contributed by atoms with Gasteiger partial charge in [0.15, 0.2) is 0 Å². The van der Waals surface area contributed by atoms with Gasteiger partial charge >= 0.3 is 0 Å². The predicted octanol–water partition coefficient (Wildman–Crippen LogP) is 3.27. The van der Waals surface area contributed by atoms with Crippen molar-refractivity contribution >= 4 is 16.6 Å². The number of hydrogen-bond acceptors (Lipinski definition) is 3. The van der Waals surface area contributed by atoms with Crippen molar-refractivity contribution in [2.24, 2.45) is 0 Å². The van der Waals surface area contributed by atoms with Gasteiger partial charge in [0, 0.05) is 23.9 Å². The summed E-state index contributed by atoms with van der Waals surface area (Å²) in [5.74, 6) is -0.258. The molecule has 0 radical (unpaired) electrons. The molecule has 0 saturated heterocycles. The van der Waals surface area contributed by atoms with E-state index in [1.165, 1.54) is 6.07 Å². The average Bonchev–Trinajstić information content (AvgIpc) is 2.44. The minimum atomic E-state index is -0.258. The van der Waals surface area contributed by atoms with Gasteiger partial charge in [0.1, 0.15) is 11.3 Å². The number of fused-ring (bicyclic) bond motifs is 2. The van der Waals surface area contributed by atoms with E-state index in [1.54, 1.807) is 6.07 Å². The Bertz CT molecular complexity index is 613. The van der Waals surface area contributed by atoms with Crippen LogP contribution in [0.25, 0.3) is 10.9 Å². The summed E-state index contributed by atoms with van der Waals surface area (Å²) in [6.45, 7) is 4.19. The van der Waals surface area contributed by atoms with Crippen LogP contribution >= 0.6 is 0 Å². The Morgan fingerprint density at radius 1 is 1.42 bits per heavy atom. The second-order valence-electron chi connectivity index (χ2n) is 4.78. The van der Waals surface area contributed by atoms with Crippen LogP contribution in [0.15, 0.2) is 18.2 Å². The highest BCUT2D eigenvalue weighted by atomic mass is 19.1. The molecular weight excluding hydrogens is 243 g/mol. The molecule has 2 heterocycles. The molecule has 0 saturated carbocycles. The first-order valence-electron chi connectivity index (χ1n) is 6.73. The molecule has 4 heteroatoms. The molecule has 0 amide bonds. The second kappa shape index (κ2) is 5.13. The van der Waals surface area contributed by atoms with Gasteiger partial charge in [-0.1, -0.05) is 19.1 Å². The van der Waals surface area contributed by atoms with Crippen LogP contribution in [0.5, 0.6) is 0 Å². The fraction of sp³-hybridized carbons (Fsp3) is 0.400. The van der Waals surface area contributed by atoms with E-state index in [1.807, 2.05) is 6.07 Å². The number of nitrogens with zero attached hydrogens (tertiary/aromatic N) is 1. The van der Waals surface area contributed by atoms with Crippen LogP contribution in [-0.2, 0) is 17.8 Å². The molecule has 2 aromatic rings. The Morgan fingerprint density at radius 3 is 3.16 bits per heavy atom. The van der Waals surface area contributed by atoms with Crippen LogP contribution in [0, 0.1) is 5.82 Å². The third-order valence-corrected chi connectivity index (χ3v) is 3.43. The molecule has 1 aliphatic rings. The Labute approximate surface area is 111 Å². The Kier molecular flexibility index (Phi) is 3.34. The summed E-state index contributed by atoms with van der Waals surface area (Å²) >= 11 is 0. The van der Waals surface area contributed by atoms with Crippen molar-refractivity contribution in [2.75, 3.05) is 18.5 Å². The topological polar surface area (TPSA) is 34.2 Å². The largest absolute Gasteiger partial charge is 0.384 e. The Morgan fingerprint density at radius 2 is 2.32 bits per heavy atom. The number of hydrogen-bond donors (Lipinski definition) is 1. The lowest BCUT2D eigenvalue weighted by Crippen LogP contribution is -2.16. The van der Waals surface area contributed by atoms with Crippen LogP contribution in [-0.4, -0.2) is 18.1 Å². The normalized spacial score (nSPS) is 14.4. The van der Waals surface area contributed by atoms with Crippen LogP contribution in [0.4, 0.5) is 10.1 Å². The van der Waals surface area contributed by atoms with E-state index >= 15 is 0 Å². The molecule has 1 aliphatic heterocycles. The smallest absolute Gasteiger partial charge is 0.149 e. The third kappa shape index (κ3) is 2.16. The van der Waals surface area contributed by atoms with E-state index in [9.17, 15) is 4.39 Å². The SMILES string of the molecule is CCCNc1c2c(nc3c(F)cccc13)CCOC2. The van der Waals surface area contributed by atoms with E-state index in [4.69, 9.17) is 4.74 Å². The quantitative estimate of drug-likeness (QED) is 0.919. The maximum Gasteiger partial charge on any atom is 0.149 e. The van der Waals surface area contributed by atoms with Gasteiger partial charge in [-0.2, -0.15) is 0 Å². The lowest BCUT2D eigenvalue weighted by molar-refractivity contribution is 0.110. The summed E-state index contributed by atoms with van der Waals surface area (Å²) in [5.41, 5.74) is 3.49. The van der Waals surface area contributed by atoms with Crippen molar-refractivity contribution in [1.82, 2.24) is 4.98 Å². The fourth-order valence-corrected chi connectivity index (χ4v) is 2.50. The zero-order valence-corrected chi connectivity index (χ0v) is 11.0. The van der Waals surface area contributed by atoms with E-state index in [2.05, 4.69) is 17.2 Å². The van der Waals surface area contributed by atoms with Crippen molar-refractivity contribution in [3.8, 4) is 0 Å². The molecule has 1 aromatic heterocycles. The maximum absolute atomic E-state index is 13.9. The number of benzene rings is 1. The number of aromatic nitrogens is 1. The number of ether oxygens (including phenoxy) is 1. The van der Waals surface area contributed by atoms with Crippen molar-refractivity contribution in [1.29, 1.82) is 0 Å². The number of nitrogens with one attached hydrogen (secondary N) is 1. The predicted molar refractivity (Wildman–Crippen MR) is 73.8 cm³/mol. The number of rotatable bonds is 3. The molecule has 1 N–H and O–H groups in total. The molecule has 0 bridgehead atoms. The van der Waals surface area contributed by atoms with E-state index in [0.717, 1.165) is 41.7 Å². The summed E-state index contributed by atoms with van der Waals surface area (Å²) in [4.78, 5) is 4.49. The summed E-state index contributed by atoms with van der Waals surface area (Å²) in [7, 11) is 0. The van der Waals surface area contributed by atoms with Gasteiger partial charge < -0.3 is 10.1 Å². The van der Waals surface area contributed by atoms with Crippen LogP contribution < -0.4 is 5.32 Å². The lowest BCUT2D eigenvalue weighted by Gasteiger charge is -2.22.